The molecule has 3 N–H and O–H groups in total. The summed E-state index contributed by atoms with van der Waals surface area (Å²) in [5.41, 5.74) is 0.670. The van der Waals surface area contributed by atoms with Crippen LogP contribution in [0.25, 0.3) is 0 Å². The summed E-state index contributed by atoms with van der Waals surface area (Å²) in [6.07, 6.45) is 6.19. The van der Waals surface area contributed by atoms with E-state index < -0.39 is 0 Å². The normalized spacial score (nSPS) is 16.1. The number of nitrogens with one attached hydrogen (secondary N) is 3. The number of aromatic nitrogens is 1. The third-order valence-electron chi connectivity index (χ3n) is 4.92. The summed E-state index contributed by atoms with van der Waals surface area (Å²) in [6.45, 7) is 9.01. The Balaban J connectivity index is 1.89. The maximum absolute atomic E-state index is 12.2. The first-order valence-electron chi connectivity index (χ1n) is 10.9. The number of aryl methyl sites for hydroxylation is 1. The zero-order chi connectivity index (χ0) is 21.9. The highest BCUT2D eigenvalue weighted by molar-refractivity contribution is 7.13. The van der Waals surface area contributed by atoms with Gasteiger partial charge in [0.15, 0.2) is 5.96 Å². The van der Waals surface area contributed by atoms with Gasteiger partial charge in [-0.1, -0.05) is 19.3 Å². The zero-order valence-corrected chi connectivity index (χ0v) is 19.4. The van der Waals surface area contributed by atoms with Gasteiger partial charge < -0.3 is 20.7 Å². The second kappa shape index (κ2) is 12.5. The lowest BCUT2D eigenvalue weighted by atomic mass is 9.95. The van der Waals surface area contributed by atoms with Crippen molar-refractivity contribution >= 4 is 29.2 Å². The van der Waals surface area contributed by atoms with Crippen LogP contribution in [0.3, 0.4) is 0 Å². The third kappa shape index (κ3) is 7.59. The van der Waals surface area contributed by atoms with Crippen LogP contribution in [0.2, 0.25) is 0 Å². The minimum atomic E-state index is -0.337. The summed E-state index contributed by atoms with van der Waals surface area (Å²) in [7, 11) is 0. The first-order chi connectivity index (χ1) is 14.4. The highest BCUT2D eigenvalue weighted by Crippen LogP contribution is 2.24. The fourth-order valence-corrected chi connectivity index (χ4v) is 4.35. The van der Waals surface area contributed by atoms with E-state index in [0.717, 1.165) is 17.8 Å². The summed E-state index contributed by atoms with van der Waals surface area (Å²) in [5, 5.41) is 10.4. The molecule has 0 saturated heterocycles. The van der Waals surface area contributed by atoms with Gasteiger partial charge in [0.2, 0.25) is 5.91 Å². The predicted molar refractivity (Wildman–Crippen MR) is 120 cm³/mol. The molecule has 0 aliphatic heterocycles. The summed E-state index contributed by atoms with van der Waals surface area (Å²) < 4.78 is 5.09. The van der Waals surface area contributed by atoms with Gasteiger partial charge in [-0.25, -0.2) is 9.78 Å². The van der Waals surface area contributed by atoms with Crippen LogP contribution in [0.1, 0.15) is 85.7 Å². The summed E-state index contributed by atoms with van der Waals surface area (Å²) in [6, 6.07) is 0.189. The molecule has 2 rings (SSSR count). The minimum Gasteiger partial charge on any atom is -0.462 e. The predicted octanol–water partition coefficient (Wildman–Crippen LogP) is 3.08. The second-order valence-corrected chi connectivity index (χ2v) is 8.50. The highest BCUT2D eigenvalue weighted by atomic mass is 32.1. The Morgan fingerprint density at radius 1 is 1.27 bits per heavy atom. The van der Waals surface area contributed by atoms with Gasteiger partial charge in [-0.05, 0) is 40.5 Å². The fraction of sp³-hybridized carbons (Fsp3) is 0.714. The molecule has 1 fully saturated rings. The van der Waals surface area contributed by atoms with Crippen molar-refractivity contribution in [3.63, 3.8) is 0 Å². The van der Waals surface area contributed by atoms with Crippen molar-refractivity contribution in [3.8, 4) is 0 Å². The molecule has 1 aromatic heterocycles. The molecule has 0 bridgehead atoms. The number of rotatable bonds is 9. The maximum Gasteiger partial charge on any atom is 0.350 e. The largest absolute Gasteiger partial charge is 0.462 e. The van der Waals surface area contributed by atoms with Gasteiger partial charge in [-0.3, -0.25) is 9.79 Å². The van der Waals surface area contributed by atoms with Crippen LogP contribution in [0, 0.1) is 6.92 Å². The summed E-state index contributed by atoms with van der Waals surface area (Å²) >= 11 is 1.33. The van der Waals surface area contributed by atoms with E-state index in [0.29, 0.717) is 48.7 Å². The van der Waals surface area contributed by atoms with Crippen LogP contribution in [-0.4, -0.2) is 48.6 Å². The van der Waals surface area contributed by atoms with Crippen molar-refractivity contribution in [1.29, 1.82) is 0 Å². The van der Waals surface area contributed by atoms with E-state index >= 15 is 0 Å². The molecule has 8 nitrogen and oxygen atoms in total. The molecule has 1 aromatic rings. The number of carbonyl (C=O) groups is 2. The molecule has 30 heavy (non-hydrogen) atoms. The van der Waals surface area contributed by atoms with Crippen molar-refractivity contribution in [2.45, 2.75) is 78.3 Å². The number of ether oxygens (including phenoxy) is 1. The molecule has 1 aliphatic rings. The quantitative estimate of drug-likeness (QED) is 0.312. The Morgan fingerprint density at radius 2 is 2.00 bits per heavy atom. The van der Waals surface area contributed by atoms with Crippen LogP contribution in [0.5, 0.6) is 0 Å². The molecule has 1 atom stereocenters. The SMILES string of the molecule is CCNC(=NCCC(=O)NC1CCCCC1)NC(C)c1nc(C)c(C(=O)OCC)s1. The fourth-order valence-electron chi connectivity index (χ4n) is 3.39. The molecule has 1 amide bonds. The average Bonchev–Trinajstić information content (AvgIpc) is 3.11. The topological polar surface area (TPSA) is 105 Å². The first kappa shape index (κ1) is 24.1. The molecule has 0 radical (unpaired) electrons. The molecular weight excluding hydrogens is 402 g/mol. The lowest BCUT2D eigenvalue weighted by Crippen LogP contribution is -2.39. The molecule has 9 heteroatoms. The van der Waals surface area contributed by atoms with Gasteiger partial charge in [0.25, 0.3) is 0 Å². The van der Waals surface area contributed by atoms with Gasteiger partial charge in [0.1, 0.15) is 9.88 Å². The van der Waals surface area contributed by atoms with Gasteiger partial charge >= 0.3 is 5.97 Å². The number of thiazole rings is 1. The summed E-state index contributed by atoms with van der Waals surface area (Å²) in [5.74, 6) is 0.348. The summed E-state index contributed by atoms with van der Waals surface area (Å²) in [4.78, 5) is 33.8. The van der Waals surface area contributed by atoms with E-state index in [1.165, 1.54) is 30.6 Å². The lowest BCUT2D eigenvalue weighted by Gasteiger charge is -2.22. The maximum atomic E-state index is 12.2. The Bertz CT molecular complexity index is 728. The number of carbonyl (C=O) groups excluding carboxylic acids is 2. The number of hydrogen-bond acceptors (Lipinski definition) is 6. The Hall–Kier alpha value is -2.16. The van der Waals surface area contributed by atoms with Gasteiger partial charge in [-0.2, -0.15) is 0 Å². The van der Waals surface area contributed by atoms with E-state index in [-0.39, 0.29) is 17.9 Å². The standard InChI is InChI=1S/C21H35N5O3S/c1-5-22-21(23-13-12-17(27)26-16-10-8-7-9-11-16)25-15(4)19-24-14(3)18(30-19)20(28)29-6-2/h15-16H,5-13H2,1-4H3,(H,26,27)(H2,22,23,25). The minimum absolute atomic E-state index is 0.0594. The van der Waals surface area contributed by atoms with Crippen molar-refractivity contribution in [3.05, 3.63) is 15.6 Å². The molecule has 168 valence electrons. The molecule has 0 aromatic carbocycles. The molecule has 1 saturated carbocycles. The number of hydrogen-bond donors (Lipinski definition) is 3. The van der Waals surface area contributed by atoms with Gasteiger partial charge in [-0.15, -0.1) is 11.3 Å². The van der Waals surface area contributed by atoms with E-state index in [1.54, 1.807) is 6.92 Å². The van der Waals surface area contributed by atoms with Crippen LogP contribution in [0.4, 0.5) is 0 Å². The number of aliphatic imine (C=N–C) groups is 1. The Labute approximate surface area is 183 Å². The van der Waals surface area contributed by atoms with E-state index in [1.807, 2.05) is 20.8 Å². The molecular formula is C21H35N5O3S. The Morgan fingerprint density at radius 3 is 2.67 bits per heavy atom. The highest BCUT2D eigenvalue weighted by Gasteiger charge is 2.20. The van der Waals surface area contributed by atoms with E-state index in [9.17, 15) is 9.59 Å². The van der Waals surface area contributed by atoms with Crippen LogP contribution in [-0.2, 0) is 9.53 Å². The monoisotopic (exact) mass is 437 g/mol. The second-order valence-electron chi connectivity index (χ2n) is 7.47. The molecule has 1 aliphatic carbocycles. The number of esters is 1. The van der Waals surface area contributed by atoms with Crippen molar-refractivity contribution in [2.75, 3.05) is 19.7 Å². The first-order valence-corrected chi connectivity index (χ1v) is 11.7. The van der Waals surface area contributed by atoms with Crippen LogP contribution in [0.15, 0.2) is 4.99 Å². The Kier molecular flexibility index (Phi) is 10.1. The van der Waals surface area contributed by atoms with Crippen LogP contribution >= 0.6 is 11.3 Å². The number of guanidine groups is 1. The average molecular weight is 438 g/mol. The lowest BCUT2D eigenvalue weighted by molar-refractivity contribution is -0.121. The molecule has 1 unspecified atom stereocenters. The van der Waals surface area contributed by atoms with Crippen molar-refractivity contribution in [1.82, 2.24) is 20.9 Å². The molecule has 1 heterocycles. The third-order valence-corrected chi connectivity index (χ3v) is 6.24. The van der Waals surface area contributed by atoms with Crippen molar-refractivity contribution in [2.24, 2.45) is 4.99 Å². The smallest absolute Gasteiger partial charge is 0.350 e. The van der Waals surface area contributed by atoms with Gasteiger partial charge in [0, 0.05) is 19.0 Å². The van der Waals surface area contributed by atoms with Gasteiger partial charge in [0.05, 0.1) is 24.9 Å². The number of amides is 1. The number of nitrogens with zero attached hydrogens (tertiary/aromatic N) is 2. The van der Waals surface area contributed by atoms with E-state index in [2.05, 4.69) is 25.9 Å². The zero-order valence-electron chi connectivity index (χ0n) is 18.5. The van der Waals surface area contributed by atoms with Crippen LogP contribution < -0.4 is 16.0 Å². The van der Waals surface area contributed by atoms with E-state index in [4.69, 9.17) is 4.74 Å². The molecule has 0 spiro atoms. The van der Waals surface area contributed by atoms with Crippen molar-refractivity contribution < 1.29 is 14.3 Å².